The molecule has 5 aromatic rings. The van der Waals surface area contributed by atoms with Crippen LogP contribution in [-0.2, 0) is 17.9 Å². The Morgan fingerprint density at radius 1 is 0.820 bits per heavy atom. The fourth-order valence-corrected chi connectivity index (χ4v) is 5.92. The van der Waals surface area contributed by atoms with E-state index in [1.165, 1.54) is 0 Å². The van der Waals surface area contributed by atoms with Crippen molar-refractivity contribution in [1.29, 1.82) is 0 Å². The average molecular weight is 669 g/mol. The molecule has 0 radical (unpaired) electrons. The Morgan fingerprint density at radius 2 is 1.48 bits per heavy atom. The SMILES string of the molecule is [C-]#[N+]c1ccccc1Oc1cc([C@H]2CC(=O)N(c3cc(C(=O)N(Cc4ccc(OC)cc4)Cc4ccc(OC)cc4)ccn3)C2)ccc1OC. The third-order valence-corrected chi connectivity index (χ3v) is 8.61. The van der Waals surface area contributed by atoms with Crippen LogP contribution in [0.15, 0.2) is 109 Å². The van der Waals surface area contributed by atoms with E-state index < -0.39 is 0 Å². The fourth-order valence-electron chi connectivity index (χ4n) is 5.92. The van der Waals surface area contributed by atoms with Crippen molar-refractivity contribution in [3.05, 3.63) is 143 Å². The number of amides is 2. The maximum atomic E-state index is 14.1. The van der Waals surface area contributed by atoms with Gasteiger partial charge < -0.3 is 23.8 Å². The molecule has 2 heterocycles. The molecule has 1 fully saturated rings. The smallest absolute Gasteiger partial charge is 0.254 e. The predicted octanol–water partition coefficient (Wildman–Crippen LogP) is 7.81. The normalized spacial score (nSPS) is 13.8. The quantitative estimate of drug-likeness (QED) is 0.125. The van der Waals surface area contributed by atoms with Crippen LogP contribution in [0.4, 0.5) is 11.5 Å². The predicted molar refractivity (Wildman–Crippen MR) is 189 cm³/mol. The van der Waals surface area contributed by atoms with Crippen molar-refractivity contribution < 1.29 is 28.5 Å². The van der Waals surface area contributed by atoms with E-state index in [9.17, 15) is 9.59 Å². The Morgan fingerprint density at radius 3 is 2.10 bits per heavy atom. The van der Waals surface area contributed by atoms with Gasteiger partial charge in [0.05, 0.1) is 27.9 Å². The maximum Gasteiger partial charge on any atom is 0.254 e. The zero-order valence-electron chi connectivity index (χ0n) is 28.0. The topological polar surface area (TPSA) is 94.8 Å². The Labute approximate surface area is 291 Å². The van der Waals surface area contributed by atoms with Gasteiger partial charge in [-0.2, -0.15) is 0 Å². The highest BCUT2D eigenvalue weighted by molar-refractivity contribution is 5.98. The largest absolute Gasteiger partial charge is 0.497 e. The van der Waals surface area contributed by atoms with Crippen molar-refractivity contribution in [1.82, 2.24) is 9.88 Å². The molecule has 2 amide bonds. The van der Waals surface area contributed by atoms with Crippen molar-refractivity contribution in [3.8, 4) is 28.7 Å². The van der Waals surface area contributed by atoms with Crippen LogP contribution >= 0.6 is 0 Å². The molecule has 0 bridgehead atoms. The zero-order valence-corrected chi connectivity index (χ0v) is 28.0. The molecule has 1 aliphatic rings. The van der Waals surface area contributed by atoms with Gasteiger partial charge in [0.15, 0.2) is 11.5 Å². The molecule has 10 nitrogen and oxygen atoms in total. The molecular weight excluding hydrogens is 632 g/mol. The number of anilines is 1. The molecule has 0 aliphatic carbocycles. The number of carbonyl (C=O) groups is 2. The summed E-state index contributed by atoms with van der Waals surface area (Å²) in [6.07, 6.45) is 1.82. The molecule has 1 saturated heterocycles. The van der Waals surface area contributed by atoms with Gasteiger partial charge >= 0.3 is 0 Å². The average Bonchev–Trinajstić information content (AvgIpc) is 3.56. The lowest BCUT2D eigenvalue weighted by atomic mass is 9.98. The number of nitrogens with zero attached hydrogens (tertiary/aromatic N) is 4. The monoisotopic (exact) mass is 668 g/mol. The highest BCUT2D eigenvalue weighted by atomic mass is 16.5. The van der Waals surface area contributed by atoms with Gasteiger partial charge in [-0.15, -0.1) is 0 Å². The summed E-state index contributed by atoms with van der Waals surface area (Å²) in [6.45, 7) is 8.57. The molecular formula is C40H36N4O6. The van der Waals surface area contributed by atoms with E-state index in [1.807, 2.05) is 60.7 Å². The van der Waals surface area contributed by atoms with Gasteiger partial charge in [-0.05, 0) is 71.3 Å². The second-order valence-corrected chi connectivity index (χ2v) is 11.8. The zero-order chi connectivity index (χ0) is 35.0. The Hall–Kier alpha value is -6.34. The maximum absolute atomic E-state index is 14.1. The van der Waals surface area contributed by atoms with Crippen molar-refractivity contribution in [2.45, 2.75) is 25.4 Å². The third-order valence-electron chi connectivity index (χ3n) is 8.61. The first-order valence-corrected chi connectivity index (χ1v) is 16.0. The Kier molecular flexibility index (Phi) is 10.2. The lowest BCUT2D eigenvalue weighted by Gasteiger charge is -2.24. The molecule has 50 heavy (non-hydrogen) atoms. The van der Waals surface area contributed by atoms with Gasteiger partial charge in [0, 0.05) is 43.7 Å². The first kappa shape index (κ1) is 33.6. The van der Waals surface area contributed by atoms with E-state index in [0.29, 0.717) is 54.0 Å². The van der Waals surface area contributed by atoms with E-state index in [0.717, 1.165) is 28.2 Å². The van der Waals surface area contributed by atoms with E-state index in [-0.39, 0.29) is 24.2 Å². The first-order chi connectivity index (χ1) is 24.4. The number of rotatable bonds is 12. The van der Waals surface area contributed by atoms with Crippen LogP contribution in [0.1, 0.15) is 39.4 Å². The van der Waals surface area contributed by atoms with Crippen LogP contribution in [-0.4, -0.2) is 49.6 Å². The second-order valence-electron chi connectivity index (χ2n) is 11.8. The van der Waals surface area contributed by atoms with Crippen molar-refractivity contribution in [2.24, 2.45) is 0 Å². The fraction of sp³-hybridized carbons (Fsp3) is 0.200. The minimum absolute atomic E-state index is 0.0999. The van der Waals surface area contributed by atoms with Gasteiger partial charge in [-0.1, -0.05) is 48.5 Å². The molecule has 10 heteroatoms. The summed E-state index contributed by atoms with van der Waals surface area (Å²) in [5.74, 6) is 2.81. The van der Waals surface area contributed by atoms with Crippen LogP contribution in [0.3, 0.4) is 0 Å². The lowest BCUT2D eigenvalue weighted by Crippen LogP contribution is -2.31. The Bertz CT molecular complexity index is 1970. The number of methoxy groups -OCH3 is 3. The summed E-state index contributed by atoms with van der Waals surface area (Å²) in [5.41, 5.74) is 3.58. The van der Waals surface area contributed by atoms with Crippen LogP contribution < -0.4 is 23.8 Å². The van der Waals surface area contributed by atoms with Crippen LogP contribution in [0.5, 0.6) is 28.7 Å². The minimum atomic E-state index is -0.194. The molecule has 1 aromatic heterocycles. The van der Waals surface area contributed by atoms with E-state index >= 15 is 0 Å². The number of ether oxygens (including phenoxy) is 4. The summed E-state index contributed by atoms with van der Waals surface area (Å²) >= 11 is 0. The van der Waals surface area contributed by atoms with Gasteiger partial charge in [-0.25, -0.2) is 9.83 Å². The van der Waals surface area contributed by atoms with E-state index in [2.05, 4.69) is 9.83 Å². The third kappa shape index (κ3) is 7.53. The van der Waals surface area contributed by atoms with E-state index in [4.69, 9.17) is 25.5 Å². The second kappa shape index (κ2) is 15.3. The summed E-state index contributed by atoms with van der Waals surface area (Å²) in [7, 11) is 4.79. The lowest BCUT2D eigenvalue weighted by molar-refractivity contribution is -0.117. The highest BCUT2D eigenvalue weighted by Crippen LogP contribution is 2.40. The van der Waals surface area contributed by atoms with Gasteiger partial charge in [-0.3, -0.25) is 14.5 Å². The molecule has 6 rings (SSSR count). The summed E-state index contributed by atoms with van der Waals surface area (Å²) in [6, 6.07) is 31.2. The summed E-state index contributed by atoms with van der Waals surface area (Å²) in [5, 5.41) is 0. The number of para-hydroxylation sites is 2. The molecule has 4 aromatic carbocycles. The van der Waals surface area contributed by atoms with Gasteiger partial charge in [0.1, 0.15) is 23.1 Å². The molecule has 0 saturated carbocycles. The van der Waals surface area contributed by atoms with E-state index in [1.54, 1.807) is 79.8 Å². The molecule has 1 atom stereocenters. The molecule has 1 aliphatic heterocycles. The minimum Gasteiger partial charge on any atom is -0.497 e. The number of hydrogen-bond donors (Lipinski definition) is 0. The van der Waals surface area contributed by atoms with Crippen molar-refractivity contribution in [3.63, 3.8) is 0 Å². The highest BCUT2D eigenvalue weighted by Gasteiger charge is 2.33. The molecule has 252 valence electrons. The summed E-state index contributed by atoms with van der Waals surface area (Å²) in [4.78, 5) is 39.0. The van der Waals surface area contributed by atoms with Gasteiger partial charge in [0.25, 0.3) is 5.91 Å². The molecule has 0 N–H and O–H groups in total. The van der Waals surface area contributed by atoms with Crippen molar-refractivity contribution >= 4 is 23.3 Å². The van der Waals surface area contributed by atoms with Crippen LogP contribution in [0, 0.1) is 6.57 Å². The number of pyridine rings is 1. The first-order valence-electron chi connectivity index (χ1n) is 16.0. The van der Waals surface area contributed by atoms with Gasteiger partial charge in [0.2, 0.25) is 11.6 Å². The Balaban J connectivity index is 1.23. The number of hydrogen-bond acceptors (Lipinski definition) is 7. The standard InChI is InChI=1S/C40H36N4O6/c1-41-34-7-5-6-8-35(34)50-37-21-29(13-18-36(37)49-4)31-23-39(45)44(26-31)38-22-30(19-20-42-38)40(46)43(24-27-9-14-32(47-2)15-10-27)25-28-11-16-33(48-3)17-12-28/h5-22,31H,23-26H2,2-4H3/t31-/m0/s1. The molecule has 0 spiro atoms. The van der Waals surface area contributed by atoms with Crippen molar-refractivity contribution in [2.75, 3.05) is 32.8 Å². The number of carbonyl (C=O) groups excluding carboxylic acids is 2. The number of benzene rings is 4. The number of aromatic nitrogens is 1. The molecule has 0 unspecified atom stereocenters. The van der Waals surface area contributed by atoms with Crippen LogP contribution in [0.25, 0.3) is 4.85 Å². The summed E-state index contributed by atoms with van der Waals surface area (Å²) < 4.78 is 22.3. The van der Waals surface area contributed by atoms with Crippen LogP contribution in [0.2, 0.25) is 0 Å².